The van der Waals surface area contributed by atoms with Gasteiger partial charge in [0, 0.05) is 23.6 Å². The van der Waals surface area contributed by atoms with Gasteiger partial charge in [0.1, 0.15) is 0 Å². The Balaban J connectivity index is 2.02. The molecule has 0 fully saturated rings. The average molecular weight is 309 g/mol. The largest absolute Gasteiger partial charge is 0.346 e. The van der Waals surface area contributed by atoms with Crippen LogP contribution in [0.15, 0.2) is 28.8 Å². The van der Waals surface area contributed by atoms with E-state index in [1.807, 2.05) is 6.92 Å². The maximum Gasteiger partial charge on any atom is 0.257 e. The summed E-state index contributed by atoms with van der Waals surface area (Å²) in [4.78, 5) is 15.9. The highest BCUT2D eigenvalue weighted by Gasteiger charge is 2.16. The van der Waals surface area contributed by atoms with Crippen LogP contribution in [-0.4, -0.2) is 29.6 Å². The van der Waals surface area contributed by atoms with E-state index < -0.39 is 0 Å². The molecule has 1 heterocycles. The molecule has 0 aliphatic carbocycles. The average Bonchev–Trinajstić information content (AvgIpc) is 2.96. The number of carbonyl (C=O) groups excluding carboxylic acids is 1. The van der Waals surface area contributed by atoms with Crippen LogP contribution >= 0.6 is 11.6 Å². The number of amides is 1. The molecular weight excluding hydrogens is 292 g/mol. The van der Waals surface area contributed by atoms with Crippen LogP contribution in [0.1, 0.15) is 25.2 Å². The lowest BCUT2D eigenvalue weighted by Crippen LogP contribution is -2.29. The number of halogens is 1. The topological polar surface area (TPSA) is 80.0 Å². The molecule has 1 aromatic heterocycles. The van der Waals surface area contributed by atoms with Crippen molar-refractivity contribution in [1.29, 1.82) is 0 Å². The third kappa shape index (κ3) is 4.27. The van der Waals surface area contributed by atoms with E-state index in [1.165, 1.54) is 0 Å². The first-order chi connectivity index (χ1) is 10.1. The summed E-state index contributed by atoms with van der Waals surface area (Å²) in [7, 11) is 1.80. The van der Waals surface area contributed by atoms with E-state index >= 15 is 0 Å². The Morgan fingerprint density at radius 2 is 2.10 bits per heavy atom. The molecule has 2 rings (SSSR count). The second kappa shape index (κ2) is 7.19. The first-order valence-electron chi connectivity index (χ1n) is 6.63. The first-order valence-corrected chi connectivity index (χ1v) is 7.01. The van der Waals surface area contributed by atoms with Gasteiger partial charge in [-0.25, -0.2) is 0 Å². The minimum Gasteiger partial charge on any atom is -0.346 e. The van der Waals surface area contributed by atoms with Crippen molar-refractivity contribution < 1.29 is 9.32 Å². The number of nitrogens with one attached hydrogen (secondary N) is 2. The molecule has 21 heavy (non-hydrogen) atoms. The minimum atomic E-state index is -0.306. The lowest BCUT2D eigenvalue weighted by molar-refractivity contribution is -0.121. The van der Waals surface area contributed by atoms with Crippen LogP contribution in [0, 0.1) is 0 Å². The molecule has 1 unspecified atom stereocenters. The molecule has 0 aliphatic heterocycles. The van der Waals surface area contributed by atoms with E-state index in [2.05, 4.69) is 20.8 Å². The summed E-state index contributed by atoms with van der Waals surface area (Å²) < 4.78 is 5.21. The second-order valence-electron chi connectivity index (χ2n) is 4.61. The summed E-state index contributed by atoms with van der Waals surface area (Å²) in [6.45, 7) is 2.44. The lowest BCUT2D eigenvalue weighted by Gasteiger charge is -2.09. The predicted molar refractivity (Wildman–Crippen MR) is 79.8 cm³/mol. The fourth-order valence-corrected chi connectivity index (χ4v) is 1.86. The number of rotatable bonds is 6. The Morgan fingerprint density at radius 3 is 2.76 bits per heavy atom. The zero-order valence-corrected chi connectivity index (χ0v) is 12.6. The normalized spacial score (nSPS) is 12.1. The molecule has 1 amide bonds. The van der Waals surface area contributed by atoms with Gasteiger partial charge in [0.25, 0.3) is 5.89 Å². The summed E-state index contributed by atoms with van der Waals surface area (Å²) in [6, 6.07) is 6.80. The number of carbonyl (C=O) groups is 1. The molecular formula is C14H17ClN4O2. The Kier molecular flexibility index (Phi) is 5.30. The predicted octanol–water partition coefficient (Wildman–Crippen LogP) is 2.18. The summed E-state index contributed by atoms with van der Waals surface area (Å²) in [6.07, 6.45) is 0.405. The molecule has 0 radical (unpaired) electrons. The molecule has 0 bridgehead atoms. The summed E-state index contributed by atoms with van der Waals surface area (Å²) in [5.74, 6) is 0.783. The van der Waals surface area contributed by atoms with Crippen molar-refractivity contribution in [3.63, 3.8) is 0 Å². The standard InChI is InChI=1S/C14H17ClN4O2/c1-9(17-12(20)7-8-16-2)13-18-14(21-19-13)10-3-5-11(15)6-4-10/h3-6,9,16H,7-8H2,1-2H3,(H,17,20). The summed E-state index contributed by atoms with van der Waals surface area (Å²) in [5, 5.41) is 10.3. The minimum absolute atomic E-state index is 0.0605. The van der Waals surface area contributed by atoms with Crippen LogP contribution in [0.4, 0.5) is 0 Å². The van der Waals surface area contributed by atoms with Gasteiger partial charge in [-0.1, -0.05) is 16.8 Å². The molecule has 0 saturated carbocycles. The van der Waals surface area contributed by atoms with Crippen LogP contribution in [0.25, 0.3) is 11.5 Å². The van der Waals surface area contributed by atoms with Gasteiger partial charge < -0.3 is 15.2 Å². The Morgan fingerprint density at radius 1 is 1.38 bits per heavy atom. The third-order valence-electron chi connectivity index (χ3n) is 2.90. The smallest absolute Gasteiger partial charge is 0.257 e. The Hall–Kier alpha value is -1.92. The number of benzene rings is 1. The summed E-state index contributed by atoms with van der Waals surface area (Å²) >= 11 is 5.83. The maximum atomic E-state index is 11.6. The number of aromatic nitrogens is 2. The molecule has 7 heteroatoms. The highest BCUT2D eigenvalue weighted by molar-refractivity contribution is 6.30. The van der Waals surface area contributed by atoms with E-state index in [4.69, 9.17) is 16.1 Å². The monoisotopic (exact) mass is 308 g/mol. The van der Waals surface area contributed by atoms with Gasteiger partial charge in [0.05, 0.1) is 6.04 Å². The van der Waals surface area contributed by atoms with E-state index in [-0.39, 0.29) is 11.9 Å². The number of nitrogens with zero attached hydrogens (tertiary/aromatic N) is 2. The fraction of sp³-hybridized carbons (Fsp3) is 0.357. The molecule has 0 spiro atoms. The molecule has 0 saturated heterocycles. The van der Waals surface area contributed by atoms with Crippen molar-refractivity contribution in [1.82, 2.24) is 20.8 Å². The quantitative estimate of drug-likeness (QED) is 0.855. The van der Waals surface area contributed by atoms with E-state index in [1.54, 1.807) is 31.3 Å². The van der Waals surface area contributed by atoms with Gasteiger partial charge in [-0.05, 0) is 38.2 Å². The van der Waals surface area contributed by atoms with E-state index in [9.17, 15) is 4.79 Å². The zero-order chi connectivity index (χ0) is 15.2. The van der Waals surface area contributed by atoms with Crippen molar-refractivity contribution in [3.05, 3.63) is 35.1 Å². The molecule has 1 atom stereocenters. The van der Waals surface area contributed by atoms with Crippen molar-refractivity contribution in [3.8, 4) is 11.5 Å². The third-order valence-corrected chi connectivity index (χ3v) is 3.15. The Labute approximate surface area is 127 Å². The van der Waals surface area contributed by atoms with Crippen LogP contribution in [-0.2, 0) is 4.79 Å². The highest BCUT2D eigenvalue weighted by atomic mass is 35.5. The lowest BCUT2D eigenvalue weighted by atomic mass is 10.2. The molecule has 0 aliphatic rings. The summed E-state index contributed by atoms with van der Waals surface area (Å²) in [5.41, 5.74) is 0.784. The van der Waals surface area contributed by atoms with Gasteiger partial charge >= 0.3 is 0 Å². The van der Waals surface area contributed by atoms with Gasteiger partial charge in [-0.2, -0.15) is 4.98 Å². The van der Waals surface area contributed by atoms with Crippen LogP contribution in [0.3, 0.4) is 0 Å². The van der Waals surface area contributed by atoms with Gasteiger partial charge in [0.2, 0.25) is 5.91 Å². The first kappa shape index (κ1) is 15.5. The van der Waals surface area contributed by atoms with Gasteiger partial charge in [0.15, 0.2) is 5.82 Å². The number of hydrogen-bond acceptors (Lipinski definition) is 5. The van der Waals surface area contributed by atoms with Crippen LogP contribution < -0.4 is 10.6 Å². The van der Waals surface area contributed by atoms with Crippen LogP contribution in [0.2, 0.25) is 5.02 Å². The van der Waals surface area contributed by atoms with E-state index in [0.29, 0.717) is 29.7 Å². The zero-order valence-electron chi connectivity index (χ0n) is 11.9. The van der Waals surface area contributed by atoms with Crippen molar-refractivity contribution in [2.45, 2.75) is 19.4 Å². The van der Waals surface area contributed by atoms with E-state index in [0.717, 1.165) is 5.56 Å². The highest BCUT2D eigenvalue weighted by Crippen LogP contribution is 2.21. The molecule has 2 N–H and O–H groups in total. The van der Waals surface area contributed by atoms with Gasteiger partial charge in [-0.15, -0.1) is 0 Å². The molecule has 6 nitrogen and oxygen atoms in total. The van der Waals surface area contributed by atoms with Gasteiger partial charge in [-0.3, -0.25) is 4.79 Å². The molecule has 2 aromatic rings. The molecule has 112 valence electrons. The van der Waals surface area contributed by atoms with Crippen molar-refractivity contribution >= 4 is 17.5 Å². The fourth-order valence-electron chi connectivity index (χ4n) is 1.74. The molecule has 1 aromatic carbocycles. The van der Waals surface area contributed by atoms with Crippen LogP contribution in [0.5, 0.6) is 0 Å². The van der Waals surface area contributed by atoms with Crippen molar-refractivity contribution in [2.75, 3.05) is 13.6 Å². The SMILES string of the molecule is CNCCC(=O)NC(C)c1noc(-c2ccc(Cl)cc2)n1. The number of hydrogen-bond donors (Lipinski definition) is 2. The Bertz CT molecular complexity index is 597. The van der Waals surface area contributed by atoms with Crippen molar-refractivity contribution in [2.24, 2.45) is 0 Å². The maximum absolute atomic E-state index is 11.6. The second-order valence-corrected chi connectivity index (χ2v) is 5.04.